The number of aromatic nitrogens is 2. The van der Waals surface area contributed by atoms with Crippen molar-refractivity contribution in [3.63, 3.8) is 0 Å². The summed E-state index contributed by atoms with van der Waals surface area (Å²) in [4.78, 5) is 27.9. The molecule has 1 N–H and O–H groups in total. The van der Waals surface area contributed by atoms with Crippen molar-refractivity contribution >= 4 is 28.4 Å². The third kappa shape index (κ3) is 3.39. The van der Waals surface area contributed by atoms with Crippen molar-refractivity contribution in [2.45, 2.75) is 18.9 Å². The summed E-state index contributed by atoms with van der Waals surface area (Å²) in [5.41, 5.74) is 0.836. The van der Waals surface area contributed by atoms with Gasteiger partial charge in [0.2, 0.25) is 17.8 Å². The summed E-state index contributed by atoms with van der Waals surface area (Å²) in [6, 6.07) is 4.88. The number of likely N-dealkylation sites (tertiary alicyclic amines) is 1. The molecule has 1 aromatic heterocycles. The predicted octanol–water partition coefficient (Wildman–Crippen LogP) is 2.02. The summed E-state index contributed by atoms with van der Waals surface area (Å²) in [5.74, 6) is 1.12. The third-order valence-electron chi connectivity index (χ3n) is 4.46. The molecule has 27 heavy (non-hydrogen) atoms. The van der Waals surface area contributed by atoms with Crippen molar-refractivity contribution in [3.8, 4) is 22.1 Å². The monoisotopic (exact) mass is 389 g/mol. The number of rotatable bonds is 3. The topological polar surface area (TPSA) is 96.9 Å². The second-order valence-electron chi connectivity index (χ2n) is 6.50. The van der Waals surface area contributed by atoms with Gasteiger partial charge in [0.25, 0.3) is 0 Å². The van der Waals surface area contributed by atoms with Gasteiger partial charge in [-0.3, -0.25) is 10.1 Å². The van der Waals surface area contributed by atoms with Crippen LogP contribution >= 0.6 is 11.3 Å². The molecule has 0 spiro atoms. The van der Waals surface area contributed by atoms with Crippen LogP contribution in [-0.4, -0.2) is 65.4 Å². The fraction of sp³-hybridized carbons (Fsp3) is 0.412. The summed E-state index contributed by atoms with van der Waals surface area (Å²) >= 11 is 1.27. The highest BCUT2D eigenvalue weighted by Gasteiger charge is 2.35. The molecule has 1 saturated heterocycles. The SMILES string of the molecule is CN(C)C(=O)N1CCCC1C(=O)Nc1nnc(-c2ccc3c(c2)OCO3)s1. The fourth-order valence-electron chi connectivity index (χ4n) is 3.13. The molecule has 2 aliphatic heterocycles. The average molecular weight is 389 g/mol. The molecule has 1 unspecified atom stereocenters. The molecule has 2 aliphatic rings. The minimum atomic E-state index is -0.488. The van der Waals surface area contributed by atoms with E-state index in [4.69, 9.17) is 9.47 Å². The van der Waals surface area contributed by atoms with Gasteiger partial charge < -0.3 is 19.3 Å². The minimum Gasteiger partial charge on any atom is -0.454 e. The van der Waals surface area contributed by atoms with E-state index in [2.05, 4.69) is 15.5 Å². The van der Waals surface area contributed by atoms with Crippen molar-refractivity contribution in [3.05, 3.63) is 18.2 Å². The number of carbonyl (C=O) groups excluding carboxylic acids is 2. The first kappa shape index (κ1) is 17.5. The van der Waals surface area contributed by atoms with Gasteiger partial charge in [0.05, 0.1) is 0 Å². The maximum atomic E-state index is 12.6. The Morgan fingerprint density at radius 1 is 1.26 bits per heavy atom. The molecule has 10 heteroatoms. The van der Waals surface area contributed by atoms with Gasteiger partial charge in [0, 0.05) is 26.2 Å². The number of nitrogens with zero attached hydrogens (tertiary/aromatic N) is 4. The Morgan fingerprint density at radius 2 is 2.07 bits per heavy atom. The second kappa shape index (κ2) is 7.03. The maximum Gasteiger partial charge on any atom is 0.320 e. The number of urea groups is 1. The van der Waals surface area contributed by atoms with Gasteiger partial charge in [-0.25, -0.2) is 4.79 Å². The van der Waals surface area contributed by atoms with Crippen LogP contribution in [0.4, 0.5) is 9.93 Å². The summed E-state index contributed by atoms with van der Waals surface area (Å²) in [5, 5.41) is 12.0. The van der Waals surface area contributed by atoms with E-state index in [9.17, 15) is 9.59 Å². The second-order valence-corrected chi connectivity index (χ2v) is 7.48. The molecule has 142 valence electrons. The van der Waals surface area contributed by atoms with Crippen LogP contribution in [0.15, 0.2) is 18.2 Å². The van der Waals surface area contributed by atoms with Crippen LogP contribution in [0.5, 0.6) is 11.5 Å². The van der Waals surface area contributed by atoms with Gasteiger partial charge in [-0.1, -0.05) is 11.3 Å². The molecule has 0 saturated carbocycles. The smallest absolute Gasteiger partial charge is 0.320 e. The highest BCUT2D eigenvalue weighted by Crippen LogP contribution is 2.37. The summed E-state index contributed by atoms with van der Waals surface area (Å²) in [6.45, 7) is 0.785. The molecule has 3 amide bonds. The molecule has 2 aromatic rings. The van der Waals surface area contributed by atoms with Crippen LogP contribution in [0.3, 0.4) is 0 Å². The van der Waals surface area contributed by atoms with E-state index in [0.29, 0.717) is 34.6 Å². The number of benzene rings is 1. The lowest BCUT2D eigenvalue weighted by Gasteiger charge is -2.26. The zero-order chi connectivity index (χ0) is 19.0. The van der Waals surface area contributed by atoms with Crippen LogP contribution in [0.25, 0.3) is 10.6 Å². The van der Waals surface area contributed by atoms with Gasteiger partial charge in [-0.05, 0) is 31.0 Å². The van der Waals surface area contributed by atoms with E-state index in [0.717, 1.165) is 12.0 Å². The zero-order valence-electron chi connectivity index (χ0n) is 15.0. The summed E-state index contributed by atoms with van der Waals surface area (Å²) in [7, 11) is 3.36. The van der Waals surface area contributed by atoms with Crippen LogP contribution < -0.4 is 14.8 Å². The lowest BCUT2D eigenvalue weighted by atomic mass is 10.2. The van der Waals surface area contributed by atoms with Crippen molar-refractivity contribution in [1.29, 1.82) is 0 Å². The first-order valence-electron chi connectivity index (χ1n) is 8.55. The third-order valence-corrected chi connectivity index (χ3v) is 5.35. The van der Waals surface area contributed by atoms with E-state index in [-0.39, 0.29) is 18.7 Å². The Morgan fingerprint density at radius 3 is 2.89 bits per heavy atom. The van der Waals surface area contributed by atoms with E-state index in [1.165, 1.54) is 16.2 Å². The highest BCUT2D eigenvalue weighted by atomic mass is 32.1. The number of fused-ring (bicyclic) bond motifs is 1. The zero-order valence-corrected chi connectivity index (χ0v) is 15.8. The van der Waals surface area contributed by atoms with Crippen molar-refractivity contribution in [2.75, 3.05) is 32.7 Å². The Labute approximate surface area is 159 Å². The first-order valence-corrected chi connectivity index (χ1v) is 9.37. The molecule has 4 rings (SSSR count). The number of ether oxygens (including phenoxy) is 2. The van der Waals surface area contributed by atoms with Crippen LogP contribution in [-0.2, 0) is 4.79 Å². The predicted molar refractivity (Wildman–Crippen MR) is 98.9 cm³/mol. The van der Waals surface area contributed by atoms with Crippen molar-refractivity contribution in [2.24, 2.45) is 0 Å². The van der Waals surface area contributed by atoms with Gasteiger partial charge in [-0.15, -0.1) is 10.2 Å². The molecular formula is C17H19N5O4S. The molecule has 9 nitrogen and oxygen atoms in total. The summed E-state index contributed by atoms with van der Waals surface area (Å²) in [6.07, 6.45) is 1.44. The lowest BCUT2D eigenvalue weighted by Crippen LogP contribution is -2.47. The lowest BCUT2D eigenvalue weighted by molar-refractivity contribution is -0.119. The number of hydrogen-bond donors (Lipinski definition) is 1. The minimum absolute atomic E-state index is 0.161. The van der Waals surface area contributed by atoms with E-state index in [1.54, 1.807) is 19.0 Å². The number of hydrogen-bond acceptors (Lipinski definition) is 7. The van der Waals surface area contributed by atoms with Crippen molar-refractivity contribution < 1.29 is 19.1 Å². The van der Waals surface area contributed by atoms with Gasteiger partial charge in [-0.2, -0.15) is 0 Å². The molecule has 0 aliphatic carbocycles. The highest BCUT2D eigenvalue weighted by molar-refractivity contribution is 7.18. The standard InChI is InChI=1S/C17H19N5O4S/c1-21(2)17(24)22-7-3-4-11(22)14(23)18-16-20-19-15(27-16)10-5-6-12-13(8-10)26-9-25-12/h5-6,8,11H,3-4,7,9H2,1-2H3,(H,18,20,23). The van der Waals surface area contributed by atoms with E-state index >= 15 is 0 Å². The van der Waals surface area contributed by atoms with Crippen molar-refractivity contribution in [1.82, 2.24) is 20.0 Å². The Bertz CT molecular complexity index is 884. The largest absolute Gasteiger partial charge is 0.454 e. The fourth-order valence-corrected chi connectivity index (χ4v) is 3.88. The first-order chi connectivity index (χ1) is 13.0. The quantitative estimate of drug-likeness (QED) is 0.863. The number of anilines is 1. The molecule has 0 bridgehead atoms. The summed E-state index contributed by atoms with van der Waals surface area (Å²) < 4.78 is 10.7. The normalized spacial score (nSPS) is 17.9. The number of nitrogens with one attached hydrogen (secondary N) is 1. The molecular weight excluding hydrogens is 370 g/mol. The maximum absolute atomic E-state index is 12.6. The molecule has 1 atom stereocenters. The van der Waals surface area contributed by atoms with Gasteiger partial charge >= 0.3 is 6.03 Å². The number of amides is 3. The van der Waals surface area contributed by atoms with E-state index < -0.39 is 6.04 Å². The Hall–Kier alpha value is -2.88. The Kier molecular flexibility index (Phi) is 4.56. The average Bonchev–Trinajstić information content (AvgIpc) is 3.39. The molecule has 3 heterocycles. The van der Waals surface area contributed by atoms with Gasteiger partial charge in [0.1, 0.15) is 11.0 Å². The Balaban J connectivity index is 1.46. The van der Waals surface area contributed by atoms with Crippen LogP contribution in [0, 0.1) is 0 Å². The van der Waals surface area contributed by atoms with Crippen LogP contribution in [0.1, 0.15) is 12.8 Å². The van der Waals surface area contributed by atoms with Crippen LogP contribution in [0.2, 0.25) is 0 Å². The molecule has 1 fully saturated rings. The van der Waals surface area contributed by atoms with E-state index in [1.807, 2.05) is 18.2 Å². The molecule has 1 aromatic carbocycles. The number of carbonyl (C=O) groups is 2. The van der Waals surface area contributed by atoms with Gasteiger partial charge in [0.15, 0.2) is 11.5 Å². The molecule has 0 radical (unpaired) electrons.